The Morgan fingerprint density at radius 1 is 0.824 bits per heavy atom. The van der Waals surface area contributed by atoms with Gasteiger partial charge < -0.3 is 5.32 Å². The lowest BCUT2D eigenvalue weighted by Gasteiger charge is -2.34. The molecular formula is C27H31N3O3S. The number of anilines is 1. The Balaban J connectivity index is 1.32. The SMILES string of the molecule is Cc1cc(C)c(S(=O)(=O)N2CCN(CC(=O)Nc3ccc(-c4ccccc4)cc3)CC2)c(C)c1. The second-order valence-electron chi connectivity index (χ2n) is 8.90. The molecule has 0 radical (unpaired) electrons. The lowest BCUT2D eigenvalue weighted by Crippen LogP contribution is -2.50. The van der Waals surface area contributed by atoms with Gasteiger partial charge in [-0.1, -0.05) is 60.2 Å². The molecule has 0 bridgehead atoms. The maximum absolute atomic E-state index is 13.3. The fourth-order valence-electron chi connectivity index (χ4n) is 4.61. The van der Waals surface area contributed by atoms with Gasteiger partial charge in [0.25, 0.3) is 0 Å². The van der Waals surface area contributed by atoms with Gasteiger partial charge in [0.1, 0.15) is 0 Å². The Labute approximate surface area is 202 Å². The van der Waals surface area contributed by atoms with Crippen LogP contribution < -0.4 is 5.32 Å². The lowest BCUT2D eigenvalue weighted by molar-refractivity contribution is -0.117. The molecule has 1 saturated heterocycles. The Morgan fingerprint density at radius 3 is 1.97 bits per heavy atom. The molecule has 34 heavy (non-hydrogen) atoms. The zero-order valence-electron chi connectivity index (χ0n) is 19.9. The quantitative estimate of drug-likeness (QED) is 0.577. The summed E-state index contributed by atoms with van der Waals surface area (Å²) in [4.78, 5) is 15.0. The van der Waals surface area contributed by atoms with Gasteiger partial charge in [-0.25, -0.2) is 8.42 Å². The van der Waals surface area contributed by atoms with Crippen molar-refractivity contribution >= 4 is 21.6 Å². The van der Waals surface area contributed by atoms with Gasteiger partial charge >= 0.3 is 0 Å². The average molecular weight is 478 g/mol. The van der Waals surface area contributed by atoms with E-state index in [9.17, 15) is 13.2 Å². The predicted molar refractivity (Wildman–Crippen MR) is 136 cm³/mol. The summed E-state index contributed by atoms with van der Waals surface area (Å²) in [7, 11) is -3.56. The van der Waals surface area contributed by atoms with Crippen LogP contribution in [0, 0.1) is 20.8 Å². The summed E-state index contributed by atoms with van der Waals surface area (Å²) in [6.45, 7) is 7.67. The summed E-state index contributed by atoms with van der Waals surface area (Å²) < 4.78 is 28.1. The normalized spacial score (nSPS) is 15.3. The first-order chi connectivity index (χ1) is 16.2. The van der Waals surface area contributed by atoms with Crippen molar-refractivity contribution in [3.63, 3.8) is 0 Å². The van der Waals surface area contributed by atoms with Crippen LogP contribution in [0.15, 0.2) is 71.6 Å². The Hall–Kier alpha value is -3.00. The van der Waals surface area contributed by atoms with E-state index < -0.39 is 10.0 Å². The van der Waals surface area contributed by atoms with Crippen LogP contribution in [0.2, 0.25) is 0 Å². The Bertz CT molecular complexity index is 1240. The molecule has 0 atom stereocenters. The molecule has 0 aliphatic carbocycles. The fraction of sp³-hybridized carbons (Fsp3) is 0.296. The van der Waals surface area contributed by atoms with Gasteiger partial charge in [0.2, 0.25) is 15.9 Å². The van der Waals surface area contributed by atoms with Crippen LogP contribution in [0.5, 0.6) is 0 Å². The van der Waals surface area contributed by atoms with E-state index in [1.54, 1.807) is 0 Å². The summed E-state index contributed by atoms with van der Waals surface area (Å²) in [5.41, 5.74) is 5.57. The molecule has 1 amide bonds. The monoisotopic (exact) mass is 477 g/mol. The highest BCUT2D eigenvalue weighted by atomic mass is 32.2. The summed E-state index contributed by atoms with van der Waals surface area (Å²) >= 11 is 0. The van der Waals surface area contributed by atoms with Gasteiger partial charge in [-0.05, 0) is 55.2 Å². The topological polar surface area (TPSA) is 69.7 Å². The van der Waals surface area contributed by atoms with Gasteiger partial charge in [-0.3, -0.25) is 9.69 Å². The molecule has 3 aromatic rings. The highest BCUT2D eigenvalue weighted by molar-refractivity contribution is 7.89. The molecule has 1 aliphatic rings. The van der Waals surface area contributed by atoms with Crippen molar-refractivity contribution in [1.82, 2.24) is 9.21 Å². The summed E-state index contributed by atoms with van der Waals surface area (Å²) in [5, 5.41) is 2.94. The van der Waals surface area contributed by atoms with Crippen LogP contribution in [0.25, 0.3) is 11.1 Å². The van der Waals surface area contributed by atoms with E-state index >= 15 is 0 Å². The van der Waals surface area contributed by atoms with Gasteiger partial charge in [0, 0.05) is 31.9 Å². The van der Waals surface area contributed by atoms with Gasteiger partial charge in [0.05, 0.1) is 11.4 Å². The van der Waals surface area contributed by atoms with E-state index in [4.69, 9.17) is 0 Å². The molecule has 6 nitrogen and oxygen atoms in total. The number of amides is 1. The number of aryl methyl sites for hydroxylation is 3. The highest BCUT2D eigenvalue weighted by Crippen LogP contribution is 2.26. The van der Waals surface area contributed by atoms with Crippen molar-refractivity contribution in [2.75, 3.05) is 38.0 Å². The van der Waals surface area contributed by atoms with Gasteiger partial charge in [0.15, 0.2) is 0 Å². The molecule has 0 saturated carbocycles. The van der Waals surface area contributed by atoms with Crippen molar-refractivity contribution in [2.24, 2.45) is 0 Å². The summed E-state index contributed by atoms with van der Waals surface area (Å²) in [5.74, 6) is -0.103. The minimum Gasteiger partial charge on any atom is -0.325 e. The first-order valence-corrected chi connectivity index (χ1v) is 12.9. The molecule has 1 aliphatic heterocycles. The first kappa shape index (κ1) is 24.1. The number of benzene rings is 3. The van der Waals surface area contributed by atoms with Crippen LogP contribution in [0.1, 0.15) is 16.7 Å². The van der Waals surface area contributed by atoms with E-state index in [0.29, 0.717) is 31.1 Å². The van der Waals surface area contributed by atoms with E-state index in [0.717, 1.165) is 33.5 Å². The number of carbonyl (C=O) groups is 1. The van der Waals surface area contributed by atoms with Crippen LogP contribution in [0.3, 0.4) is 0 Å². The lowest BCUT2D eigenvalue weighted by atomic mass is 10.1. The average Bonchev–Trinajstić information content (AvgIpc) is 2.79. The number of hydrogen-bond acceptors (Lipinski definition) is 4. The standard InChI is InChI=1S/C27H31N3O3S/c1-20-17-21(2)27(22(3)18-20)34(32,33)30-15-13-29(14-16-30)19-26(31)28-25-11-9-24(10-12-25)23-7-5-4-6-8-23/h4-12,17-18H,13-16,19H2,1-3H3,(H,28,31). The number of nitrogens with one attached hydrogen (secondary N) is 1. The predicted octanol–water partition coefficient (Wildman–Crippen LogP) is 4.22. The third kappa shape index (κ3) is 5.38. The van der Waals surface area contributed by atoms with E-state index in [2.05, 4.69) is 17.4 Å². The highest BCUT2D eigenvalue weighted by Gasteiger charge is 2.31. The molecule has 4 rings (SSSR count). The third-order valence-electron chi connectivity index (χ3n) is 6.18. The molecule has 0 spiro atoms. The first-order valence-electron chi connectivity index (χ1n) is 11.5. The molecular weight excluding hydrogens is 446 g/mol. The van der Waals surface area contributed by atoms with Crippen LogP contribution in [-0.2, 0) is 14.8 Å². The van der Waals surface area contributed by atoms with Crippen molar-refractivity contribution < 1.29 is 13.2 Å². The second kappa shape index (κ2) is 10.1. The number of nitrogens with zero attached hydrogens (tertiary/aromatic N) is 2. The molecule has 3 aromatic carbocycles. The Morgan fingerprint density at radius 2 is 1.38 bits per heavy atom. The zero-order chi connectivity index (χ0) is 24.3. The maximum atomic E-state index is 13.3. The Kier molecular flexibility index (Phi) is 7.16. The van der Waals surface area contributed by atoms with Crippen LogP contribution in [0.4, 0.5) is 5.69 Å². The largest absolute Gasteiger partial charge is 0.325 e. The van der Waals surface area contributed by atoms with Gasteiger partial charge in [-0.15, -0.1) is 0 Å². The number of piperazine rings is 1. The van der Waals surface area contributed by atoms with Crippen molar-refractivity contribution in [1.29, 1.82) is 0 Å². The van der Waals surface area contributed by atoms with Gasteiger partial charge in [-0.2, -0.15) is 4.31 Å². The molecule has 1 fully saturated rings. The molecule has 7 heteroatoms. The minimum absolute atomic E-state index is 0.103. The summed E-state index contributed by atoms with van der Waals surface area (Å²) in [6, 6.07) is 21.7. The molecule has 0 unspecified atom stereocenters. The van der Waals surface area contributed by atoms with Crippen LogP contribution in [-0.4, -0.2) is 56.3 Å². The van der Waals surface area contributed by atoms with Crippen LogP contribution >= 0.6 is 0 Å². The van der Waals surface area contributed by atoms with E-state index in [1.807, 2.05) is 80.3 Å². The van der Waals surface area contributed by atoms with Crippen molar-refractivity contribution in [3.8, 4) is 11.1 Å². The number of carbonyl (C=O) groups excluding carboxylic acids is 1. The smallest absolute Gasteiger partial charge is 0.243 e. The van der Waals surface area contributed by atoms with Crippen molar-refractivity contribution in [2.45, 2.75) is 25.7 Å². The third-order valence-corrected chi connectivity index (χ3v) is 8.38. The fourth-order valence-corrected chi connectivity index (χ4v) is 6.44. The minimum atomic E-state index is -3.56. The number of sulfonamides is 1. The van der Waals surface area contributed by atoms with E-state index in [1.165, 1.54) is 4.31 Å². The molecule has 1 heterocycles. The molecule has 0 aromatic heterocycles. The second-order valence-corrected chi connectivity index (χ2v) is 10.8. The van der Waals surface area contributed by atoms with E-state index in [-0.39, 0.29) is 12.5 Å². The van der Waals surface area contributed by atoms with Crippen molar-refractivity contribution in [3.05, 3.63) is 83.4 Å². The zero-order valence-corrected chi connectivity index (χ0v) is 20.7. The summed E-state index contributed by atoms with van der Waals surface area (Å²) in [6.07, 6.45) is 0. The molecule has 1 N–H and O–H groups in total. The number of rotatable bonds is 6. The number of hydrogen-bond donors (Lipinski definition) is 1. The maximum Gasteiger partial charge on any atom is 0.243 e. The molecule has 178 valence electrons.